The van der Waals surface area contributed by atoms with Crippen LogP contribution in [-0.2, 0) is 9.59 Å². The molecule has 0 amide bonds. The zero-order chi connectivity index (χ0) is 19.1. The average molecular weight is 397 g/mol. The molecule has 2 rings (SSSR count). The summed E-state index contributed by atoms with van der Waals surface area (Å²) >= 11 is 11.8. The lowest BCUT2D eigenvalue weighted by Gasteiger charge is -2.11. The van der Waals surface area contributed by atoms with Gasteiger partial charge in [0.25, 0.3) is 0 Å². The van der Waals surface area contributed by atoms with Crippen LogP contribution in [0.5, 0.6) is 23.0 Å². The number of carbonyl (C=O) groups is 2. The Labute approximate surface area is 159 Å². The molecule has 0 spiro atoms. The molecule has 26 heavy (non-hydrogen) atoms. The van der Waals surface area contributed by atoms with Crippen LogP contribution >= 0.6 is 23.2 Å². The molecule has 0 bridgehead atoms. The Morgan fingerprint density at radius 2 is 1.31 bits per heavy atom. The highest BCUT2D eigenvalue weighted by atomic mass is 35.5. The summed E-state index contributed by atoms with van der Waals surface area (Å²) in [7, 11) is 2.85. The fraction of sp³-hybridized carbons (Fsp3) is 0.111. The fourth-order valence-corrected chi connectivity index (χ4v) is 2.22. The minimum Gasteiger partial charge on any atom is -0.493 e. The molecule has 0 aliphatic carbocycles. The lowest BCUT2D eigenvalue weighted by atomic mass is 10.3. The maximum absolute atomic E-state index is 12.0. The van der Waals surface area contributed by atoms with Gasteiger partial charge in [-0.25, -0.2) is 9.59 Å². The van der Waals surface area contributed by atoms with Crippen molar-refractivity contribution >= 4 is 35.1 Å². The van der Waals surface area contributed by atoms with Crippen molar-refractivity contribution in [3.8, 4) is 23.0 Å². The van der Waals surface area contributed by atoms with E-state index in [4.69, 9.17) is 42.1 Å². The van der Waals surface area contributed by atoms with E-state index in [9.17, 15) is 9.59 Å². The number of methoxy groups -OCH3 is 2. The Balaban J connectivity index is 2.06. The predicted octanol–water partition coefficient (Wildman–Crippen LogP) is 4.08. The lowest BCUT2D eigenvalue weighted by molar-refractivity contribution is -0.131. The van der Waals surface area contributed by atoms with E-state index in [0.717, 1.165) is 12.2 Å². The topological polar surface area (TPSA) is 71.1 Å². The summed E-state index contributed by atoms with van der Waals surface area (Å²) < 4.78 is 20.4. The van der Waals surface area contributed by atoms with Crippen LogP contribution in [0.25, 0.3) is 0 Å². The third kappa shape index (κ3) is 4.91. The number of carbonyl (C=O) groups excluding carboxylic acids is 2. The van der Waals surface area contributed by atoms with Gasteiger partial charge in [0.15, 0.2) is 17.2 Å². The zero-order valence-corrected chi connectivity index (χ0v) is 15.3. The van der Waals surface area contributed by atoms with E-state index in [1.54, 1.807) is 30.3 Å². The van der Waals surface area contributed by atoms with Gasteiger partial charge in [0.2, 0.25) is 5.75 Å². The number of para-hydroxylation sites is 1. The van der Waals surface area contributed by atoms with Gasteiger partial charge >= 0.3 is 11.9 Å². The highest BCUT2D eigenvalue weighted by molar-refractivity contribution is 6.43. The van der Waals surface area contributed by atoms with Gasteiger partial charge in [0, 0.05) is 12.2 Å². The highest BCUT2D eigenvalue weighted by Crippen LogP contribution is 2.37. The van der Waals surface area contributed by atoms with Crippen LogP contribution in [0.3, 0.4) is 0 Å². The molecule has 136 valence electrons. The number of esters is 2. The molecule has 0 unspecified atom stereocenters. The number of benzene rings is 2. The summed E-state index contributed by atoms with van der Waals surface area (Å²) in [4.78, 5) is 23.8. The Hall–Kier alpha value is -2.70. The zero-order valence-electron chi connectivity index (χ0n) is 13.8. The first kappa shape index (κ1) is 19.6. The van der Waals surface area contributed by atoms with Gasteiger partial charge in [-0.3, -0.25) is 0 Å². The van der Waals surface area contributed by atoms with Gasteiger partial charge in [-0.15, -0.1) is 0 Å². The van der Waals surface area contributed by atoms with Crippen molar-refractivity contribution in [2.24, 2.45) is 0 Å². The van der Waals surface area contributed by atoms with Crippen LogP contribution in [0.1, 0.15) is 0 Å². The average Bonchev–Trinajstić information content (AvgIpc) is 2.64. The molecule has 0 aliphatic rings. The molecule has 0 radical (unpaired) electrons. The summed E-state index contributed by atoms with van der Waals surface area (Å²) in [6, 6.07) is 9.47. The molecule has 2 aromatic rings. The largest absolute Gasteiger partial charge is 0.493 e. The van der Waals surface area contributed by atoms with E-state index in [-0.39, 0.29) is 21.5 Å². The Kier molecular flexibility index (Phi) is 6.89. The summed E-state index contributed by atoms with van der Waals surface area (Å²) in [6.07, 6.45) is 1.81. The summed E-state index contributed by atoms with van der Waals surface area (Å²) in [5.41, 5.74) is 0. The minimum atomic E-state index is -0.821. The molecule has 0 saturated heterocycles. The standard InChI is InChI=1S/C18H14Cl2O6/c1-23-13-7-4-8-14(24-2)18(13)26-16(22)10-9-15(21)25-12-6-3-5-11(19)17(12)20/h3-10H,1-2H3/b10-9+. The van der Waals surface area contributed by atoms with Crippen molar-refractivity contribution in [3.63, 3.8) is 0 Å². The second kappa shape index (κ2) is 9.12. The van der Waals surface area contributed by atoms with Crippen LogP contribution in [0.15, 0.2) is 48.6 Å². The highest BCUT2D eigenvalue weighted by Gasteiger charge is 2.15. The second-order valence-electron chi connectivity index (χ2n) is 4.72. The van der Waals surface area contributed by atoms with Crippen molar-refractivity contribution in [1.29, 1.82) is 0 Å². The number of hydrogen-bond acceptors (Lipinski definition) is 6. The molecule has 6 nitrogen and oxygen atoms in total. The van der Waals surface area contributed by atoms with Crippen LogP contribution in [-0.4, -0.2) is 26.2 Å². The maximum Gasteiger partial charge on any atom is 0.336 e. The fourth-order valence-electron chi connectivity index (χ4n) is 1.89. The number of hydrogen-bond donors (Lipinski definition) is 0. The lowest BCUT2D eigenvalue weighted by Crippen LogP contribution is -2.09. The second-order valence-corrected chi connectivity index (χ2v) is 5.50. The molecule has 0 saturated carbocycles. The van der Waals surface area contributed by atoms with Gasteiger partial charge in [-0.2, -0.15) is 0 Å². The molecule has 2 aromatic carbocycles. The van der Waals surface area contributed by atoms with Gasteiger partial charge in [-0.1, -0.05) is 35.3 Å². The third-order valence-corrected chi connectivity index (χ3v) is 3.87. The number of halogens is 2. The van der Waals surface area contributed by atoms with Crippen molar-refractivity contribution in [2.75, 3.05) is 14.2 Å². The predicted molar refractivity (Wildman–Crippen MR) is 96.4 cm³/mol. The molecule has 0 N–H and O–H groups in total. The van der Waals surface area contributed by atoms with Crippen molar-refractivity contribution in [2.45, 2.75) is 0 Å². The van der Waals surface area contributed by atoms with Crippen molar-refractivity contribution in [1.82, 2.24) is 0 Å². The van der Waals surface area contributed by atoms with Crippen LogP contribution in [0.2, 0.25) is 10.0 Å². The molecular weight excluding hydrogens is 383 g/mol. The van der Waals surface area contributed by atoms with Crippen LogP contribution < -0.4 is 18.9 Å². The van der Waals surface area contributed by atoms with E-state index in [0.29, 0.717) is 11.5 Å². The Bertz CT molecular complexity index is 825. The summed E-state index contributed by atoms with van der Waals surface area (Å²) in [6.45, 7) is 0. The van der Waals surface area contributed by atoms with Crippen molar-refractivity contribution < 1.29 is 28.5 Å². The SMILES string of the molecule is COc1cccc(OC)c1OC(=O)/C=C/C(=O)Oc1cccc(Cl)c1Cl. The molecule has 0 heterocycles. The van der Waals surface area contributed by atoms with Gasteiger partial charge in [0.05, 0.1) is 19.2 Å². The monoisotopic (exact) mass is 396 g/mol. The molecule has 8 heteroatoms. The third-order valence-electron chi connectivity index (χ3n) is 3.07. The Morgan fingerprint density at radius 3 is 1.88 bits per heavy atom. The van der Waals surface area contributed by atoms with Gasteiger partial charge in [0.1, 0.15) is 5.02 Å². The molecular formula is C18H14Cl2O6. The maximum atomic E-state index is 12.0. The van der Waals surface area contributed by atoms with Gasteiger partial charge in [-0.05, 0) is 24.3 Å². The summed E-state index contributed by atoms with van der Waals surface area (Å²) in [5, 5.41) is 0.334. The Morgan fingerprint density at radius 1 is 0.808 bits per heavy atom. The van der Waals surface area contributed by atoms with E-state index in [1.807, 2.05) is 0 Å². The van der Waals surface area contributed by atoms with E-state index >= 15 is 0 Å². The number of rotatable bonds is 6. The van der Waals surface area contributed by atoms with Crippen LogP contribution in [0, 0.1) is 0 Å². The molecule has 0 aromatic heterocycles. The first-order valence-corrected chi connectivity index (χ1v) is 7.98. The first-order valence-electron chi connectivity index (χ1n) is 7.23. The number of ether oxygens (including phenoxy) is 4. The normalized spacial score (nSPS) is 10.5. The molecule has 0 atom stereocenters. The van der Waals surface area contributed by atoms with Crippen LogP contribution in [0.4, 0.5) is 0 Å². The van der Waals surface area contributed by atoms with E-state index in [1.165, 1.54) is 20.3 Å². The van der Waals surface area contributed by atoms with E-state index in [2.05, 4.69) is 0 Å². The minimum absolute atomic E-state index is 0.0774. The van der Waals surface area contributed by atoms with E-state index < -0.39 is 11.9 Å². The quantitative estimate of drug-likeness (QED) is 0.416. The van der Waals surface area contributed by atoms with Crippen molar-refractivity contribution in [3.05, 3.63) is 58.6 Å². The van der Waals surface area contributed by atoms with Gasteiger partial charge < -0.3 is 18.9 Å². The first-order chi connectivity index (χ1) is 12.5. The molecule has 0 aliphatic heterocycles. The smallest absolute Gasteiger partial charge is 0.336 e. The molecule has 0 fully saturated rings. The summed E-state index contributed by atoms with van der Waals surface area (Å²) in [5.74, 6) is -0.856.